The van der Waals surface area contributed by atoms with Gasteiger partial charge in [-0.05, 0) is 38.5 Å². The fourth-order valence-corrected chi connectivity index (χ4v) is 4.81. The molecule has 10 heteroatoms. The van der Waals surface area contributed by atoms with Crippen LogP contribution in [-0.4, -0.2) is 45.4 Å². The molecule has 0 aromatic rings. The normalized spacial score (nSPS) is 13.2. The summed E-state index contributed by atoms with van der Waals surface area (Å²) in [5, 5.41) is 0. The van der Waals surface area contributed by atoms with Crippen molar-refractivity contribution in [1.82, 2.24) is 0 Å². The Hall–Kier alpha value is 0.540. The summed E-state index contributed by atoms with van der Waals surface area (Å²) in [6, 6.07) is 0. The van der Waals surface area contributed by atoms with E-state index in [0.29, 0.717) is 13.2 Å². The van der Waals surface area contributed by atoms with Crippen molar-refractivity contribution in [3.05, 3.63) is 0 Å². The molecule has 0 bridgehead atoms. The standard InChI is InChI=1S/C25H54O8P2/c1-22(2)17-13-9-7-11-15-19-30-25(33-35(28)29,24(5,6)21-32-34(26)27)31-20-16-12-8-10-14-18-23(3)4/h22-23,26-29H,7-21H2,1-6H3. The van der Waals surface area contributed by atoms with Crippen molar-refractivity contribution in [2.75, 3.05) is 19.8 Å². The molecule has 0 saturated carbocycles. The van der Waals surface area contributed by atoms with Crippen LogP contribution in [0.5, 0.6) is 0 Å². The average molecular weight is 545 g/mol. The summed E-state index contributed by atoms with van der Waals surface area (Å²) in [6.45, 7) is 12.9. The SMILES string of the molecule is CC(C)CCCCCCCOC(OCCCCCCCC(C)C)(OP(O)O)C(C)(C)COP(O)O. The number of ether oxygens (including phenoxy) is 2. The molecule has 0 saturated heterocycles. The van der Waals surface area contributed by atoms with Crippen LogP contribution in [0.25, 0.3) is 0 Å². The predicted octanol–water partition coefficient (Wildman–Crippen LogP) is 7.15. The lowest BCUT2D eigenvalue weighted by Crippen LogP contribution is -2.53. The van der Waals surface area contributed by atoms with Gasteiger partial charge < -0.3 is 33.6 Å². The van der Waals surface area contributed by atoms with Gasteiger partial charge in [0.2, 0.25) is 0 Å². The third-order valence-electron chi connectivity index (χ3n) is 6.01. The number of hydrogen-bond acceptors (Lipinski definition) is 8. The van der Waals surface area contributed by atoms with E-state index in [4.69, 9.17) is 18.5 Å². The average Bonchev–Trinajstić information content (AvgIpc) is 2.74. The third-order valence-corrected chi connectivity index (χ3v) is 6.77. The van der Waals surface area contributed by atoms with E-state index in [0.717, 1.165) is 50.4 Å². The summed E-state index contributed by atoms with van der Waals surface area (Å²) in [7, 11) is -5.36. The van der Waals surface area contributed by atoms with Gasteiger partial charge in [0.1, 0.15) is 0 Å². The van der Waals surface area contributed by atoms with Gasteiger partial charge in [-0.3, -0.25) is 4.52 Å². The summed E-state index contributed by atoms with van der Waals surface area (Å²) in [6.07, 6.45) is 13.1. The first-order valence-corrected chi connectivity index (χ1v) is 15.7. The van der Waals surface area contributed by atoms with E-state index in [1.54, 1.807) is 13.8 Å². The Morgan fingerprint density at radius 1 is 0.600 bits per heavy atom. The maximum atomic E-state index is 9.72. The maximum Gasteiger partial charge on any atom is 0.331 e. The van der Waals surface area contributed by atoms with Crippen LogP contribution >= 0.6 is 17.2 Å². The van der Waals surface area contributed by atoms with Gasteiger partial charge in [0, 0.05) is 0 Å². The van der Waals surface area contributed by atoms with Crippen molar-refractivity contribution >= 4 is 17.2 Å². The van der Waals surface area contributed by atoms with Crippen molar-refractivity contribution in [2.45, 2.75) is 125 Å². The molecular weight excluding hydrogens is 490 g/mol. The second-order valence-corrected chi connectivity index (χ2v) is 12.4. The van der Waals surface area contributed by atoms with Gasteiger partial charge in [0.15, 0.2) is 0 Å². The third kappa shape index (κ3) is 18.4. The lowest BCUT2D eigenvalue weighted by Gasteiger charge is -2.44. The molecule has 0 heterocycles. The minimum Gasteiger partial charge on any atom is -0.328 e. The van der Waals surface area contributed by atoms with Crippen molar-refractivity contribution in [2.24, 2.45) is 17.3 Å². The Kier molecular flexibility index (Phi) is 20.8. The molecule has 0 amide bonds. The van der Waals surface area contributed by atoms with E-state index in [-0.39, 0.29) is 6.61 Å². The Balaban J connectivity index is 4.91. The maximum absolute atomic E-state index is 9.72. The molecule has 212 valence electrons. The van der Waals surface area contributed by atoms with Crippen LogP contribution in [0, 0.1) is 17.3 Å². The molecular formula is C25H54O8P2. The van der Waals surface area contributed by atoms with Crippen LogP contribution in [-0.2, 0) is 18.5 Å². The van der Waals surface area contributed by atoms with E-state index >= 15 is 0 Å². The zero-order valence-corrected chi connectivity index (χ0v) is 24.9. The van der Waals surface area contributed by atoms with Crippen LogP contribution in [0.3, 0.4) is 0 Å². The lowest BCUT2D eigenvalue weighted by molar-refractivity contribution is -0.397. The molecule has 0 radical (unpaired) electrons. The Bertz CT molecular complexity index is 466. The summed E-state index contributed by atoms with van der Waals surface area (Å²) in [4.78, 5) is 37.9. The number of hydrogen-bond donors (Lipinski definition) is 4. The second kappa shape index (κ2) is 20.5. The highest BCUT2D eigenvalue weighted by atomic mass is 31.2. The van der Waals surface area contributed by atoms with Gasteiger partial charge in [0.25, 0.3) is 5.97 Å². The first-order chi connectivity index (χ1) is 16.4. The summed E-state index contributed by atoms with van der Waals surface area (Å²) >= 11 is 0. The smallest absolute Gasteiger partial charge is 0.328 e. The van der Waals surface area contributed by atoms with Gasteiger partial charge in [-0.15, -0.1) is 0 Å². The highest BCUT2D eigenvalue weighted by Gasteiger charge is 2.52. The second-order valence-electron chi connectivity index (χ2n) is 10.9. The van der Waals surface area contributed by atoms with Crippen LogP contribution < -0.4 is 0 Å². The van der Waals surface area contributed by atoms with Gasteiger partial charge in [0.05, 0.1) is 25.2 Å². The molecule has 0 aromatic heterocycles. The molecule has 35 heavy (non-hydrogen) atoms. The lowest BCUT2D eigenvalue weighted by atomic mass is 9.91. The van der Waals surface area contributed by atoms with Crippen LogP contribution in [0.2, 0.25) is 0 Å². The van der Waals surface area contributed by atoms with Crippen LogP contribution in [0.4, 0.5) is 0 Å². The van der Waals surface area contributed by atoms with Gasteiger partial charge in [-0.1, -0.05) is 91.9 Å². The van der Waals surface area contributed by atoms with Crippen molar-refractivity contribution in [3.63, 3.8) is 0 Å². The highest BCUT2D eigenvalue weighted by molar-refractivity contribution is 7.39. The molecule has 0 rings (SSSR count). The molecule has 0 aliphatic heterocycles. The summed E-state index contributed by atoms with van der Waals surface area (Å²) in [5.41, 5.74) is -1.04. The Morgan fingerprint density at radius 2 is 1.00 bits per heavy atom. The van der Waals surface area contributed by atoms with Crippen LogP contribution in [0.15, 0.2) is 0 Å². The zero-order valence-electron chi connectivity index (χ0n) is 23.1. The van der Waals surface area contributed by atoms with Crippen LogP contribution in [0.1, 0.15) is 119 Å². The van der Waals surface area contributed by atoms with E-state index in [2.05, 4.69) is 27.7 Å². The highest BCUT2D eigenvalue weighted by Crippen LogP contribution is 2.46. The largest absolute Gasteiger partial charge is 0.331 e. The number of rotatable bonds is 24. The molecule has 8 nitrogen and oxygen atoms in total. The van der Waals surface area contributed by atoms with E-state index < -0.39 is 28.6 Å². The Labute approximate surface area is 217 Å². The molecule has 0 unspecified atom stereocenters. The first kappa shape index (κ1) is 35.5. The van der Waals surface area contributed by atoms with E-state index in [9.17, 15) is 19.6 Å². The summed E-state index contributed by atoms with van der Waals surface area (Å²) < 4.78 is 22.7. The van der Waals surface area contributed by atoms with Gasteiger partial charge in [-0.2, -0.15) is 0 Å². The van der Waals surface area contributed by atoms with Gasteiger partial charge >= 0.3 is 17.2 Å². The predicted molar refractivity (Wildman–Crippen MR) is 143 cm³/mol. The minimum absolute atomic E-state index is 0.153. The van der Waals surface area contributed by atoms with Crippen molar-refractivity contribution in [3.8, 4) is 0 Å². The van der Waals surface area contributed by atoms with E-state index in [1.165, 1.54) is 38.5 Å². The van der Waals surface area contributed by atoms with Gasteiger partial charge in [-0.25, -0.2) is 0 Å². The quantitative estimate of drug-likeness (QED) is 0.0575. The topological polar surface area (TPSA) is 118 Å². The zero-order chi connectivity index (χ0) is 26.7. The van der Waals surface area contributed by atoms with Crippen molar-refractivity contribution in [1.29, 1.82) is 0 Å². The van der Waals surface area contributed by atoms with Crippen molar-refractivity contribution < 1.29 is 38.1 Å². The van der Waals surface area contributed by atoms with E-state index in [1.807, 2.05) is 0 Å². The fourth-order valence-electron chi connectivity index (χ4n) is 3.81. The Morgan fingerprint density at radius 3 is 1.37 bits per heavy atom. The molecule has 0 atom stereocenters. The number of unbranched alkanes of at least 4 members (excludes halogenated alkanes) is 8. The molecule has 0 fully saturated rings. The summed E-state index contributed by atoms with van der Waals surface area (Å²) in [5.74, 6) is -0.324. The first-order valence-electron chi connectivity index (χ1n) is 13.4. The molecule has 0 aliphatic carbocycles. The fraction of sp³-hybridized carbons (Fsp3) is 1.00. The molecule has 4 N–H and O–H groups in total. The minimum atomic E-state index is -2.78. The molecule has 0 aromatic carbocycles. The molecule has 0 spiro atoms. The monoisotopic (exact) mass is 544 g/mol. The molecule has 0 aliphatic rings.